The SMILES string of the molecule is CC(=O)N1C[C@@H](O)C[C@H]1C(=O)N[C@@H](CCC(=O)C=N)C(=O)NCc1ccc(Cl)cc1. The summed E-state index contributed by atoms with van der Waals surface area (Å²) in [7, 11) is 0. The maximum atomic E-state index is 12.7. The molecule has 1 aromatic rings. The Balaban J connectivity index is 2.05. The number of halogens is 1. The highest BCUT2D eigenvalue weighted by atomic mass is 35.5. The van der Waals surface area contributed by atoms with Crippen molar-refractivity contribution >= 4 is 41.3 Å². The molecule has 1 aliphatic heterocycles. The van der Waals surface area contributed by atoms with Crippen molar-refractivity contribution < 1.29 is 24.3 Å². The molecule has 1 heterocycles. The second kappa shape index (κ2) is 10.8. The Morgan fingerprint density at radius 1 is 1.30 bits per heavy atom. The predicted octanol–water partition coefficient (Wildman–Crippen LogP) is 0.422. The van der Waals surface area contributed by atoms with Gasteiger partial charge < -0.3 is 26.0 Å². The van der Waals surface area contributed by atoms with Gasteiger partial charge in [-0.15, -0.1) is 0 Å². The van der Waals surface area contributed by atoms with Crippen molar-refractivity contribution in [2.45, 2.75) is 50.9 Å². The fourth-order valence-corrected chi connectivity index (χ4v) is 3.35. The molecule has 3 atom stereocenters. The molecule has 3 amide bonds. The molecule has 1 aromatic carbocycles. The first-order chi connectivity index (χ1) is 14.2. The Labute approximate surface area is 179 Å². The lowest BCUT2D eigenvalue weighted by Gasteiger charge is -2.25. The monoisotopic (exact) mass is 436 g/mol. The minimum atomic E-state index is -1.03. The van der Waals surface area contributed by atoms with Crippen LogP contribution < -0.4 is 10.6 Å². The summed E-state index contributed by atoms with van der Waals surface area (Å²) in [6.07, 6.45) is -0.172. The van der Waals surface area contributed by atoms with Crippen LogP contribution in [0.25, 0.3) is 0 Å². The molecule has 4 N–H and O–H groups in total. The standard InChI is InChI=1S/C20H25ClN4O5/c1-12(26)25-11-16(28)8-18(25)20(30)24-17(7-6-15(27)9-22)19(29)23-10-13-2-4-14(21)5-3-13/h2-5,9,16-18,22,28H,6-8,10-11H2,1H3,(H,23,29)(H,24,30)/t16-,17-,18-/m0/s1. The number of carbonyl (C=O) groups is 4. The zero-order chi connectivity index (χ0) is 22.3. The van der Waals surface area contributed by atoms with Gasteiger partial charge in [0.05, 0.1) is 12.3 Å². The third-order valence-electron chi connectivity index (χ3n) is 4.84. The van der Waals surface area contributed by atoms with Gasteiger partial charge in [-0.1, -0.05) is 23.7 Å². The van der Waals surface area contributed by atoms with Gasteiger partial charge in [0, 0.05) is 37.9 Å². The lowest BCUT2D eigenvalue weighted by Crippen LogP contribution is -2.52. The van der Waals surface area contributed by atoms with Gasteiger partial charge in [0.15, 0.2) is 5.78 Å². The summed E-state index contributed by atoms with van der Waals surface area (Å²) < 4.78 is 0. The number of hydrogen-bond acceptors (Lipinski definition) is 6. The van der Waals surface area contributed by atoms with E-state index in [2.05, 4.69) is 10.6 Å². The average molecular weight is 437 g/mol. The highest BCUT2D eigenvalue weighted by Crippen LogP contribution is 2.18. The summed E-state index contributed by atoms with van der Waals surface area (Å²) in [5, 5.41) is 22.7. The lowest BCUT2D eigenvalue weighted by molar-refractivity contribution is -0.138. The summed E-state index contributed by atoms with van der Waals surface area (Å²) in [6.45, 7) is 1.55. The number of likely N-dealkylation sites (tertiary alicyclic amines) is 1. The number of nitrogens with zero attached hydrogens (tertiary/aromatic N) is 1. The van der Waals surface area contributed by atoms with Crippen molar-refractivity contribution in [2.24, 2.45) is 0 Å². The molecule has 0 unspecified atom stereocenters. The molecular weight excluding hydrogens is 412 g/mol. The van der Waals surface area contributed by atoms with E-state index in [1.54, 1.807) is 24.3 Å². The number of hydrogen-bond donors (Lipinski definition) is 4. The summed E-state index contributed by atoms with van der Waals surface area (Å²) >= 11 is 5.84. The Morgan fingerprint density at radius 3 is 2.57 bits per heavy atom. The van der Waals surface area contributed by atoms with Crippen molar-refractivity contribution in [3.63, 3.8) is 0 Å². The van der Waals surface area contributed by atoms with Gasteiger partial charge in [-0.25, -0.2) is 0 Å². The normalized spacial score (nSPS) is 19.1. The number of nitrogens with one attached hydrogen (secondary N) is 3. The molecular formula is C20H25ClN4O5. The Hall–Kier alpha value is -2.78. The summed E-state index contributed by atoms with van der Waals surface area (Å²) in [5.74, 6) is -1.89. The number of β-amino-alcohol motifs (C(OH)–C–C–N with tert-alkyl or cyclic N) is 1. The molecule has 10 heteroatoms. The second-order valence-electron chi connectivity index (χ2n) is 7.13. The smallest absolute Gasteiger partial charge is 0.243 e. The second-order valence-corrected chi connectivity index (χ2v) is 7.57. The van der Waals surface area contributed by atoms with Gasteiger partial charge in [0.2, 0.25) is 17.7 Å². The number of ketones is 1. The molecule has 2 rings (SSSR count). The lowest BCUT2D eigenvalue weighted by atomic mass is 10.1. The molecule has 1 aliphatic rings. The van der Waals surface area contributed by atoms with E-state index < -0.39 is 35.8 Å². The van der Waals surface area contributed by atoms with E-state index in [1.807, 2.05) is 0 Å². The Kier molecular flexibility index (Phi) is 8.49. The van der Waals surface area contributed by atoms with Crippen LogP contribution in [0, 0.1) is 5.41 Å². The molecule has 0 bridgehead atoms. The van der Waals surface area contributed by atoms with Crippen LogP contribution in [0.2, 0.25) is 5.02 Å². The van der Waals surface area contributed by atoms with E-state index in [0.29, 0.717) is 11.2 Å². The number of aliphatic hydroxyl groups is 1. The first kappa shape index (κ1) is 23.5. The highest BCUT2D eigenvalue weighted by molar-refractivity contribution is 6.30. The summed E-state index contributed by atoms with van der Waals surface area (Å²) in [4.78, 5) is 49.9. The van der Waals surface area contributed by atoms with Crippen LogP contribution in [0.1, 0.15) is 31.7 Å². The molecule has 162 valence electrons. The largest absolute Gasteiger partial charge is 0.391 e. The number of aliphatic hydroxyl groups excluding tert-OH is 1. The number of Topliss-reactive ketones (excluding diaryl/α,β-unsaturated/α-hetero) is 1. The maximum absolute atomic E-state index is 12.7. The molecule has 0 aromatic heterocycles. The van der Waals surface area contributed by atoms with Crippen molar-refractivity contribution in [3.05, 3.63) is 34.9 Å². The van der Waals surface area contributed by atoms with Gasteiger partial charge in [0.1, 0.15) is 12.1 Å². The van der Waals surface area contributed by atoms with E-state index in [4.69, 9.17) is 17.0 Å². The third kappa shape index (κ3) is 6.64. The minimum absolute atomic E-state index is 0.00174. The van der Waals surface area contributed by atoms with Crippen molar-refractivity contribution in [1.82, 2.24) is 15.5 Å². The van der Waals surface area contributed by atoms with Crippen LogP contribution in [0.5, 0.6) is 0 Å². The fourth-order valence-electron chi connectivity index (χ4n) is 3.22. The number of benzene rings is 1. The molecule has 0 radical (unpaired) electrons. The molecule has 9 nitrogen and oxygen atoms in total. The Bertz CT molecular complexity index is 814. The predicted molar refractivity (Wildman–Crippen MR) is 110 cm³/mol. The number of amides is 3. The molecule has 0 spiro atoms. The molecule has 30 heavy (non-hydrogen) atoms. The third-order valence-corrected chi connectivity index (χ3v) is 5.09. The van der Waals surface area contributed by atoms with Crippen LogP contribution in [-0.4, -0.2) is 64.5 Å². The van der Waals surface area contributed by atoms with E-state index in [9.17, 15) is 24.3 Å². The molecule has 1 saturated heterocycles. The van der Waals surface area contributed by atoms with Crippen LogP contribution in [0.3, 0.4) is 0 Å². The fraction of sp³-hybridized carbons (Fsp3) is 0.450. The van der Waals surface area contributed by atoms with Crippen molar-refractivity contribution in [2.75, 3.05) is 6.54 Å². The quantitative estimate of drug-likeness (QED) is 0.415. The van der Waals surface area contributed by atoms with Gasteiger partial charge in [0.25, 0.3) is 0 Å². The summed E-state index contributed by atoms with van der Waals surface area (Å²) in [6, 6.07) is 4.96. The first-order valence-corrected chi connectivity index (χ1v) is 9.90. The van der Waals surface area contributed by atoms with Gasteiger partial charge in [-0.2, -0.15) is 0 Å². The molecule has 0 aliphatic carbocycles. The summed E-state index contributed by atoms with van der Waals surface area (Å²) in [5.41, 5.74) is 0.801. The highest BCUT2D eigenvalue weighted by Gasteiger charge is 2.38. The van der Waals surface area contributed by atoms with E-state index >= 15 is 0 Å². The van der Waals surface area contributed by atoms with Gasteiger partial charge in [-0.3, -0.25) is 19.2 Å². The minimum Gasteiger partial charge on any atom is -0.391 e. The van der Waals surface area contributed by atoms with Crippen LogP contribution in [0.4, 0.5) is 0 Å². The van der Waals surface area contributed by atoms with Gasteiger partial charge >= 0.3 is 0 Å². The average Bonchev–Trinajstić information content (AvgIpc) is 3.12. The maximum Gasteiger partial charge on any atom is 0.243 e. The Morgan fingerprint density at radius 2 is 1.97 bits per heavy atom. The van der Waals surface area contributed by atoms with Crippen LogP contribution in [0.15, 0.2) is 24.3 Å². The number of rotatable bonds is 9. The van der Waals surface area contributed by atoms with Crippen LogP contribution >= 0.6 is 11.6 Å². The van der Waals surface area contributed by atoms with Crippen molar-refractivity contribution in [1.29, 1.82) is 5.41 Å². The van der Waals surface area contributed by atoms with E-state index in [0.717, 1.165) is 5.56 Å². The molecule has 0 saturated carbocycles. The van der Waals surface area contributed by atoms with E-state index in [1.165, 1.54) is 11.8 Å². The zero-order valence-corrected chi connectivity index (χ0v) is 17.3. The number of carbonyl (C=O) groups excluding carboxylic acids is 4. The first-order valence-electron chi connectivity index (χ1n) is 9.52. The van der Waals surface area contributed by atoms with Crippen molar-refractivity contribution in [3.8, 4) is 0 Å². The van der Waals surface area contributed by atoms with Crippen LogP contribution in [-0.2, 0) is 25.7 Å². The topological polar surface area (TPSA) is 140 Å². The molecule has 1 fully saturated rings. The van der Waals surface area contributed by atoms with E-state index in [-0.39, 0.29) is 38.3 Å². The van der Waals surface area contributed by atoms with Gasteiger partial charge in [-0.05, 0) is 24.1 Å². The zero-order valence-electron chi connectivity index (χ0n) is 16.6.